The van der Waals surface area contributed by atoms with E-state index in [1.165, 1.54) is 23.5 Å². The molecular weight excluding hydrogens is 346 g/mol. The van der Waals surface area contributed by atoms with Crippen LogP contribution in [0, 0.1) is 0 Å². The predicted octanol–water partition coefficient (Wildman–Crippen LogP) is 2.00. The Morgan fingerprint density at radius 3 is 2.46 bits per heavy atom. The van der Waals surface area contributed by atoms with Gasteiger partial charge >= 0.3 is 0 Å². The van der Waals surface area contributed by atoms with E-state index in [9.17, 15) is 13.2 Å². The molecule has 0 saturated heterocycles. The molecule has 0 unspecified atom stereocenters. The van der Waals surface area contributed by atoms with E-state index in [1.807, 2.05) is 24.3 Å². The highest BCUT2D eigenvalue weighted by Gasteiger charge is 2.14. The van der Waals surface area contributed by atoms with Gasteiger partial charge in [0.15, 0.2) is 5.01 Å². The molecule has 0 aliphatic carbocycles. The summed E-state index contributed by atoms with van der Waals surface area (Å²) in [6.45, 7) is 0.286. The van der Waals surface area contributed by atoms with E-state index in [2.05, 4.69) is 15.0 Å². The molecule has 3 aromatic rings. The van der Waals surface area contributed by atoms with Crippen molar-refractivity contribution in [2.24, 2.45) is 0 Å². The minimum Gasteiger partial charge on any atom is -0.349 e. The lowest BCUT2D eigenvalue weighted by Gasteiger charge is -2.07. The highest BCUT2D eigenvalue weighted by Crippen LogP contribution is 2.21. The van der Waals surface area contributed by atoms with E-state index < -0.39 is 10.0 Å². The van der Waals surface area contributed by atoms with Crippen molar-refractivity contribution in [1.82, 2.24) is 15.0 Å². The molecule has 24 heavy (non-hydrogen) atoms. The largest absolute Gasteiger partial charge is 0.349 e. The molecule has 2 N–H and O–H groups in total. The van der Waals surface area contributed by atoms with Crippen molar-refractivity contribution in [3.63, 3.8) is 0 Å². The molecule has 1 aromatic heterocycles. The molecule has 0 saturated carbocycles. The molecule has 3 rings (SSSR count). The van der Waals surface area contributed by atoms with Crippen LogP contribution < -0.4 is 10.0 Å². The average molecular weight is 361 g/mol. The molecule has 0 spiro atoms. The Balaban J connectivity index is 1.54. The first-order valence-corrected chi connectivity index (χ1v) is 9.55. The molecule has 0 radical (unpaired) electrons. The van der Waals surface area contributed by atoms with Crippen LogP contribution in [0.5, 0.6) is 0 Å². The molecule has 0 aliphatic rings. The van der Waals surface area contributed by atoms with Gasteiger partial charge in [0.05, 0.1) is 15.1 Å². The molecule has 0 fully saturated rings. The normalized spacial score (nSPS) is 11.5. The van der Waals surface area contributed by atoms with Crippen molar-refractivity contribution in [3.05, 3.63) is 59.6 Å². The van der Waals surface area contributed by atoms with Gasteiger partial charge in [0.1, 0.15) is 0 Å². The van der Waals surface area contributed by atoms with Crippen molar-refractivity contribution in [2.75, 3.05) is 13.1 Å². The molecule has 1 amide bonds. The minimum atomic E-state index is -3.56. The van der Waals surface area contributed by atoms with Gasteiger partial charge in [-0.05, 0) is 24.3 Å². The fourth-order valence-electron chi connectivity index (χ4n) is 2.09. The maximum Gasteiger partial charge on any atom is 0.280 e. The van der Waals surface area contributed by atoms with E-state index in [4.69, 9.17) is 0 Å². The van der Waals surface area contributed by atoms with Crippen molar-refractivity contribution >= 4 is 37.5 Å². The van der Waals surface area contributed by atoms with Gasteiger partial charge in [-0.25, -0.2) is 18.1 Å². The Labute approximate surface area is 143 Å². The van der Waals surface area contributed by atoms with E-state index in [-0.39, 0.29) is 23.9 Å². The van der Waals surface area contributed by atoms with Crippen LogP contribution in [-0.2, 0) is 10.0 Å². The third-order valence-electron chi connectivity index (χ3n) is 3.24. The van der Waals surface area contributed by atoms with Crippen LogP contribution in [0.1, 0.15) is 9.80 Å². The van der Waals surface area contributed by atoms with Crippen LogP contribution in [0.3, 0.4) is 0 Å². The lowest BCUT2D eigenvalue weighted by Crippen LogP contribution is -2.34. The number of sulfonamides is 1. The number of carbonyl (C=O) groups is 1. The SMILES string of the molecule is O=C(NCCNS(=O)(=O)c1ccccc1)c1nc2ccccc2s1. The van der Waals surface area contributed by atoms with Crippen molar-refractivity contribution < 1.29 is 13.2 Å². The number of thiazole rings is 1. The van der Waals surface area contributed by atoms with E-state index in [0.717, 1.165) is 10.2 Å². The van der Waals surface area contributed by atoms with E-state index >= 15 is 0 Å². The highest BCUT2D eigenvalue weighted by molar-refractivity contribution is 7.89. The van der Waals surface area contributed by atoms with Crippen molar-refractivity contribution in [1.29, 1.82) is 0 Å². The Bertz CT molecular complexity index is 920. The first-order valence-electron chi connectivity index (χ1n) is 7.25. The van der Waals surface area contributed by atoms with Crippen LogP contribution in [0.2, 0.25) is 0 Å². The first-order chi connectivity index (χ1) is 11.6. The number of nitrogens with zero attached hydrogens (tertiary/aromatic N) is 1. The smallest absolute Gasteiger partial charge is 0.280 e. The highest BCUT2D eigenvalue weighted by atomic mass is 32.2. The van der Waals surface area contributed by atoms with Gasteiger partial charge in [0, 0.05) is 13.1 Å². The van der Waals surface area contributed by atoms with E-state index in [1.54, 1.807) is 18.2 Å². The Morgan fingerprint density at radius 2 is 1.71 bits per heavy atom. The quantitative estimate of drug-likeness (QED) is 0.658. The van der Waals surface area contributed by atoms with Crippen molar-refractivity contribution in [2.45, 2.75) is 4.90 Å². The molecule has 124 valence electrons. The van der Waals surface area contributed by atoms with Crippen LogP contribution >= 0.6 is 11.3 Å². The number of aromatic nitrogens is 1. The summed E-state index contributed by atoms with van der Waals surface area (Å²) in [6.07, 6.45) is 0. The molecule has 0 aliphatic heterocycles. The summed E-state index contributed by atoms with van der Waals surface area (Å²) < 4.78 is 27.4. The third-order valence-corrected chi connectivity index (χ3v) is 5.76. The van der Waals surface area contributed by atoms with Gasteiger partial charge in [-0.2, -0.15) is 0 Å². The second-order valence-electron chi connectivity index (χ2n) is 4.95. The molecule has 0 bridgehead atoms. The molecular formula is C16H15N3O3S2. The number of benzene rings is 2. The number of nitrogens with one attached hydrogen (secondary N) is 2. The second-order valence-corrected chi connectivity index (χ2v) is 7.75. The number of carbonyl (C=O) groups excluding carboxylic acids is 1. The monoisotopic (exact) mass is 361 g/mol. The predicted molar refractivity (Wildman–Crippen MR) is 93.6 cm³/mol. The topological polar surface area (TPSA) is 88.2 Å². The van der Waals surface area contributed by atoms with Gasteiger partial charge in [0.25, 0.3) is 5.91 Å². The van der Waals surface area contributed by atoms with Gasteiger partial charge in [-0.3, -0.25) is 4.79 Å². The summed E-state index contributed by atoms with van der Waals surface area (Å²) in [5.41, 5.74) is 0.775. The summed E-state index contributed by atoms with van der Waals surface area (Å²) >= 11 is 1.30. The molecule has 2 aromatic carbocycles. The van der Waals surface area contributed by atoms with Gasteiger partial charge in [0.2, 0.25) is 10.0 Å². The number of hydrogen-bond acceptors (Lipinski definition) is 5. The number of para-hydroxylation sites is 1. The zero-order valence-electron chi connectivity index (χ0n) is 12.6. The Morgan fingerprint density at radius 1 is 1.00 bits per heavy atom. The lowest BCUT2D eigenvalue weighted by molar-refractivity contribution is 0.0954. The standard InChI is InChI=1S/C16H15N3O3S2/c20-15(16-19-13-8-4-5-9-14(13)23-16)17-10-11-18-24(21,22)12-6-2-1-3-7-12/h1-9,18H,10-11H2,(H,17,20). The van der Waals surface area contributed by atoms with Crippen LogP contribution in [-0.4, -0.2) is 32.4 Å². The summed E-state index contributed by atoms with van der Waals surface area (Å²) in [6, 6.07) is 15.6. The molecule has 1 heterocycles. The molecule has 0 atom stereocenters. The summed E-state index contributed by atoms with van der Waals surface area (Å²) in [7, 11) is -3.56. The first kappa shape index (κ1) is 16.6. The molecule has 6 nitrogen and oxygen atoms in total. The fraction of sp³-hybridized carbons (Fsp3) is 0.125. The number of hydrogen-bond donors (Lipinski definition) is 2. The summed E-state index contributed by atoms with van der Waals surface area (Å²) in [5, 5.41) is 3.03. The summed E-state index contributed by atoms with van der Waals surface area (Å²) in [5.74, 6) is -0.310. The zero-order valence-corrected chi connectivity index (χ0v) is 14.2. The molecule has 8 heteroatoms. The van der Waals surface area contributed by atoms with Gasteiger partial charge in [-0.1, -0.05) is 30.3 Å². The van der Waals surface area contributed by atoms with E-state index in [0.29, 0.717) is 5.01 Å². The lowest BCUT2D eigenvalue weighted by atomic mass is 10.3. The number of fused-ring (bicyclic) bond motifs is 1. The Hall–Kier alpha value is -2.29. The zero-order chi connectivity index (χ0) is 17.0. The van der Waals surface area contributed by atoms with Gasteiger partial charge < -0.3 is 5.32 Å². The van der Waals surface area contributed by atoms with Crippen LogP contribution in [0.25, 0.3) is 10.2 Å². The number of rotatable bonds is 6. The Kier molecular flexibility index (Phi) is 4.89. The second kappa shape index (κ2) is 7.08. The maximum absolute atomic E-state index is 12.1. The minimum absolute atomic E-state index is 0.105. The third kappa shape index (κ3) is 3.78. The average Bonchev–Trinajstić information content (AvgIpc) is 3.03. The fourth-order valence-corrected chi connectivity index (χ4v) is 4.02. The summed E-state index contributed by atoms with van der Waals surface area (Å²) in [4.78, 5) is 16.5. The maximum atomic E-state index is 12.1. The van der Waals surface area contributed by atoms with Gasteiger partial charge in [-0.15, -0.1) is 11.3 Å². The van der Waals surface area contributed by atoms with Crippen LogP contribution in [0.4, 0.5) is 0 Å². The van der Waals surface area contributed by atoms with Crippen molar-refractivity contribution in [3.8, 4) is 0 Å². The van der Waals surface area contributed by atoms with Crippen LogP contribution in [0.15, 0.2) is 59.5 Å². The number of amides is 1.